The van der Waals surface area contributed by atoms with E-state index in [4.69, 9.17) is 9.84 Å². The number of hydrogen-bond acceptors (Lipinski definition) is 3. The second kappa shape index (κ2) is 7.24. The zero-order valence-electron chi connectivity index (χ0n) is 12.5. The van der Waals surface area contributed by atoms with Gasteiger partial charge in [-0.1, -0.05) is 19.1 Å². The zero-order chi connectivity index (χ0) is 16.1. The molecule has 2 rings (SSSR count). The van der Waals surface area contributed by atoms with E-state index in [-0.39, 0.29) is 18.2 Å². The molecule has 120 valence electrons. The average molecular weight is 309 g/mol. The van der Waals surface area contributed by atoms with Gasteiger partial charge in [-0.2, -0.15) is 0 Å². The molecule has 1 heterocycles. The molecule has 0 aromatic heterocycles. The number of carboxylic acid groups (broad SMARTS) is 1. The molecule has 0 saturated carbocycles. The van der Waals surface area contributed by atoms with Gasteiger partial charge in [-0.3, -0.25) is 9.59 Å². The largest absolute Gasteiger partial charge is 0.481 e. The quantitative estimate of drug-likeness (QED) is 0.906. The normalized spacial score (nSPS) is 19.5. The summed E-state index contributed by atoms with van der Waals surface area (Å²) in [5.41, 5.74) is 0. The van der Waals surface area contributed by atoms with E-state index in [1.165, 1.54) is 17.0 Å². The Bertz CT molecular complexity index is 549. The number of halogens is 1. The fraction of sp³-hybridized carbons (Fsp3) is 0.500. The van der Waals surface area contributed by atoms with Crippen LogP contribution in [-0.4, -0.2) is 41.1 Å². The van der Waals surface area contributed by atoms with E-state index in [1.807, 2.05) is 0 Å². The van der Waals surface area contributed by atoms with Crippen molar-refractivity contribution in [3.8, 4) is 5.75 Å². The van der Waals surface area contributed by atoms with Gasteiger partial charge in [0, 0.05) is 13.1 Å². The number of carbonyl (C=O) groups excluding carboxylic acids is 1. The monoisotopic (exact) mass is 309 g/mol. The summed E-state index contributed by atoms with van der Waals surface area (Å²) in [4.78, 5) is 25.1. The van der Waals surface area contributed by atoms with Crippen LogP contribution < -0.4 is 4.74 Å². The highest BCUT2D eigenvalue weighted by Crippen LogP contribution is 2.22. The van der Waals surface area contributed by atoms with Gasteiger partial charge in [0.2, 0.25) is 0 Å². The third-order valence-corrected chi connectivity index (χ3v) is 3.83. The molecule has 1 amide bonds. The molecule has 0 radical (unpaired) electrons. The first kappa shape index (κ1) is 16.3. The van der Waals surface area contributed by atoms with E-state index in [2.05, 4.69) is 0 Å². The second-order valence-corrected chi connectivity index (χ2v) is 5.41. The molecule has 5 nitrogen and oxygen atoms in total. The highest BCUT2D eigenvalue weighted by molar-refractivity contribution is 5.82. The first-order valence-corrected chi connectivity index (χ1v) is 7.45. The zero-order valence-corrected chi connectivity index (χ0v) is 12.5. The van der Waals surface area contributed by atoms with Crippen molar-refractivity contribution in [3.63, 3.8) is 0 Å². The number of carboxylic acids is 1. The molecule has 0 unspecified atom stereocenters. The Morgan fingerprint density at radius 1 is 1.45 bits per heavy atom. The van der Waals surface area contributed by atoms with Gasteiger partial charge in [0.15, 0.2) is 17.7 Å². The lowest BCUT2D eigenvalue weighted by Gasteiger charge is -2.33. The fourth-order valence-electron chi connectivity index (χ4n) is 2.58. The lowest BCUT2D eigenvalue weighted by atomic mass is 9.97. The van der Waals surface area contributed by atoms with Gasteiger partial charge in [0.1, 0.15) is 0 Å². The highest BCUT2D eigenvalue weighted by atomic mass is 19.1. The van der Waals surface area contributed by atoms with Gasteiger partial charge in [0.05, 0.1) is 5.92 Å². The first-order chi connectivity index (χ1) is 10.5. The van der Waals surface area contributed by atoms with E-state index in [0.717, 1.165) is 0 Å². The average Bonchev–Trinajstić information content (AvgIpc) is 2.53. The molecule has 1 aliphatic rings. The maximum Gasteiger partial charge on any atom is 0.308 e. The number of para-hydroxylation sites is 1. The number of hydrogen-bond donors (Lipinski definition) is 1. The molecule has 1 aliphatic heterocycles. The molecule has 0 spiro atoms. The van der Waals surface area contributed by atoms with Crippen molar-refractivity contribution in [3.05, 3.63) is 30.1 Å². The first-order valence-electron chi connectivity index (χ1n) is 7.45. The van der Waals surface area contributed by atoms with Gasteiger partial charge in [0.25, 0.3) is 5.91 Å². The third kappa shape index (κ3) is 3.75. The van der Waals surface area contributed by atoms with Crippen molar-refractivity contribution in [2.75, 3.05) is 13.1 Å². The summed E-state index contributed by atoms with van der Waals surface area (Å²) in [5.74, 6) is -2.19. The molecule has 1 N–H and O–H groups in total. The van der Waals surface area contributed by atoms with E-state index < -0.39 is 23.8 Å². The van der Waals surface area contributed by atoms with Crippen LogP contribution in [0.3, 0.4) is 0 Å². The minimum absolute atomic E-state index is 0.0366. The van der Waals surface area contributed by atoms with Gasteiger partial charge in [-0.25, -0.2) is 4.39 Å². The van der Waals surface area contributed by atoms with Crippen LogP contribution in [-0.2, 0) is 9.59 Å². The van der Waals surface area contributed by atoms with Crippen LogP contribution in [0, 0.1) is 11.7 Å². The Kier molecular flexibility index (Phi) is 5.35. The fourth-order valence-corrected chi connectivity index (χ4v) is 2.58. The van der Waals surface area contributed by atoms with E-state index in [1.54, 1.807) is 19.1 Å². The van der Waals surface area contributed by atoms with Gasteiger partial charge in [-0.15, -0.1) is 0 Å². The number of likely N-dealkylation sites (tertiary alicyclic amines) is 1. The van der Waals surface area contributed by atoms with Crippen molar-refractivity contribution >= 4 is 11.9 Å². The summed E-state index contributed by atoms with van der Waals surface area (Å²) >= 11 is 0. The predicted molar refractivity (Wildman–Crippen MR) is 78.0 cm³/mol. The lowest BCUT2D eigenvalue weighted by molar-refractivity contribution is -0.148. The number of nitrogens with zero attached hydrogens (tertiary/aromatic N) is 1. The highest BCUT2D eigenvalue weighted by Gasteiger charge is 2.32. The van der Waals surface area contributed by atoms with Crippen LogP contribution in [0.5, 0.6) is 5.75 Å². The summed E-state index contributed by atoms with van der Waals surface area (Å²) in [6.45, 7) is 2.48. The maximum absolute atomic E-state index is 13.6. The maximum atomic E-state index is 13.6. The molecule has 1 fully saturated rings. The smallest absolute Gasteiger partial charge is 0.308 e. The third-order valence-electron chi connectivity index (χ3n) is 3.83. The summed E-state index contributed by atoms with van der Waals surface area (Å²) in [7, 11) is 0. The molecule has 0 bridgehead atoms. The van der Waals surface area contributed by atoms with Crippen molar-refractivity contribution in [1.82, 2.24) is 4.90 Å². The molecular formula is C16H20FNO4. The Balaban J connectivity index is 2.05. The minimum Gasteiger partial charge on any atom is -0.481 e. The summed E-state index contributed by atoms with van der Waals surface area (Å²) < 4.78 is 19.1. The molecule has 1 saturated heterocycles. The topological polar surface area (TPSA) is 66.8 Å². The molecule has 0 aliphatic carbocycles. The van der Waals surface area contributed by atoms with Gasteiger partial charge in [-0.05, 0) is 31.4 Å². The molecule has 6 heteroatoms. The summed E-state index contributed by atoms with van der Waals surface area (Å²) in [6, 6.07) is 5.93. The second-order valence-electron chi connectivity index (χ2n) is 5.41. The van der Waals surface area contributed by atoms with Crippen LogP contribution in [0.4, 0.5) is 4.39 Å². The number of benzene rings is 1. The van der Waals surface area contributed by atoms with Crippen molar-refractivity contribution in [2.45, 2.75) is 32.3 Å². The van der Waals surface area contributed by atoms with E-state index in [9.17, 15) is 14.0 Å². The van der Waals surface area contributed by atoms with Crippen LogP contribution >= 0.6 is 0 Å². The van der Waals surface area contributed by atoms with Crippen LogP contribution in [0.15, 0.2) is 24.3 Å². The number of amides is 1. The summed E-state index contributed by atoms with van der Waals surface area (Å²) in [6.07, 6.45) is 0.814. The minimum atomic E-state index is -0.888. The van der Waals surface area contributed by atoms with Crippen molar-refractivity contribution in [2.24, 2.45) is 5.92 Å². The molecule has 1 aromatic rings. The Morgan fingerprint density at radius 2 is 2.18 bits per heavy atom. The number of rotatable bonds is 5. The van der Waals surface area contributed by atoms with E-state index >= 15 is 0 Å². The SMILES string of the molecule is CC[C@@H](Oc1ccccc1F)C(=O)N1CCC[C@H](C(=O)O)C1. The summed E-state index contributed by atoms with van der Waals surface area (Å²) in [5, 5.41) is 9.09. The number of piperidine rings is 1. The van der Waals surface area contributed by atoms with Gasteiger partial charge < -0.3 is 14.7 Å². The standard InChI is InChI=1S/C16H20FNO4/c1-2-13(22-14-8-4-3-7-12(14)17)15(19)18-9-5-6-11(10-18)16(20)21/h3-4,7-8,11,13H,2,5-6,9-10H2,1H3,(H,20,21)/t11-,13+/m0/s1. The van der Waals surface area contributed by atoms with Crippen LogP contribution in [0.2, 0.25) is 0 Å². The molecule has 22 heavy (non-hydrogen) atoms. The Hall–Kier alpha value is -2.11. The van der Waals surface area contributed by atoms with Crippen molar-refractivity contribution < 1.29 is 23.8 Å². The van der Waals surface area contributed by atoms with E-state index in [0.29, 0.717) is 25.8 Å². The number of carbonyl (C=O) groups is 2. The Labute approximate surface area is 128 Å². The van der Waals surface area contributed by atoms with Gasteiger partial charge >= 0.3 is 5.97 Å². The van der Waals surface area contributed by atoms with Crippen LogP contribution in [0.25, 0.3) is 0 Å². The molecular weight excluding hydrogens is 289 g/mol. The van der Waals surface area contributed by atoms with Crippen molar-refractivity contribution in [1.29, 1.82) is 0 Å². The lowest BCUT2D eigenvalue weighted by Crippen LogP contribution is -2.48. The number of aliphatic carboxylic acids is 1. The Morgan fingerprint density at radius 3 is 2.82 bits per heavy atom. The molecule has 2 atom stereocenters. The number of ether oxygens (including phenoxy) is 1. The molecule has 1 aromatic carbocycles. The van der Waals surface area contributed by atoms with Crippen LogP contribution in [0.1, 0.15) is 26.2 Å². The predicted octanol–water partition coefficient (Wildman–Crippen LogP) is 2.31.